The Hall–Kier alpha value is -5.63. The van der Waals surface area contributed by atoms with Gasteiger partial charge in [0, 0.05) is 0 Å². The van der Waals surface area contributed by atoms with Crippen molar-refractivity contribution < 1.29 is 35.3 Å². The second-order valence-corrected chi connectivity index (χ2v) is 14.3. The van der Waals surface area contributed by atoms with E-state index in [4.69, 9.17) is 19.9 Å². The molecule has 0 aliphatic heterocycles. The van der Waals surface area contributed by atoms with Crippen LogP contribution in [0.5, 0.6) is 0 Å². The van der Waals surface area contributed by atoms with Gasteiger partial charge < -0.3 is 0 Å². The van der Waals surface area contributed by atoms with E-state index in [2.05, 4.69) is 0 Å². The van der Waals surface area contributed by atoms with Gasteiger partial charge in [-0.2, -0.15) is 0 Å². The fourth-order valence-corrected chi connectivity index (χ4v) is 8.53. The summed E-state index contributed by atoms with van der Waals surface area (Å²) in [6, 6.07) is 36.0. The monoisotopic (exact) mass is 827 g/mol. The first-order chi connectivity index (χ1) is 23.9. The van der Waals surface area contributed by atoms with Gasteiger partial charge in [0.1, 0.15) is 0 Å². The molecule has 2 heterocycles. The van der Waals surface area contributed by atoms with E-state index in [9.17, 15) is 17.6 Å². The molecule has 49 heavy (non-hydrogen) atoms. The fraction of sp³-hybridized carbons (Fsp3) is 0. The van der Waals surface area contributed by atoms with Crippen molar-refractivity contribution in [3.63, 3.8) is 0 Å². The van der Waals surface area contributed by atoms with Gasteiger partial charge in [0.15, 0.2) is 0 Å². The predicted octanol–water partition coefficient (Wildman–Crippen LogP) is 8.83. The van der Waals surface area contributed by atoms with Crippen molar-refractivity contribution in [3.05, 3.63) is 157 Å². The van der Waals surface area contributed by atoms with E-state index in [0.29, 0.717) is 67.1 Å². The Morgan fingerprint density at radius 1 is 0.327 bits per heavy atom. The molecule has 0 aliphatic rings. The third kappa shape index (κ3) is 6.10. The fourth-order valence-electron chi connectivity index (χ4n) is 5.53. The average molecular weight is 827 g/mol. The number of fused-ring (bicyclic) bond motifs is 2. The van der Waals surface area contributed by atoms with Gasteiger partial charge in [-0.3, -0.25) is 0 Å². The van der Waals surface area contributed by atoms with Crippen LogP contribution in [0.15, 0.2) is 133 Å². The molecule has 0 aliphatic carbocycles. The van der Waals surface area contributed by atoms with Crippen LogP contribution in [0, 0.1) is 23.3 Å². The van der Waals surface area contributed by atoms with E-state index in [1.807, 2.05) is 36.4 Å². The van der Waals surface area contributed by atoms with Gasteiger partial charge in [0.25, 0.3) is 0 Å². The van der Waals surface area contributed by atoms with Crippen molar-refractivity contribution in [3.8, 4) is 45.0 Å². The van der Waals surface area contributed by atoms with Gasteiger partial charge in [-0.25, -0.2) is 0 Å². The maximum atomic E-state index is 13.9. The van der Waals surface area contributed by atoms with Crippen LogP contribution in [0.3, 0.4) is 0 Å². The topological polar surface area (TPSA) is 51.6 Å². The standard InChI is InChI=1S/2C20H11F2N2.Ir/c2*21-15-9-5-13(6-10-15)19-20(14-7-11-16(22)12-8-14)24-18-4-2-1-3-17(18)23-19;/h2*1-3,5-12H;/q;;+1. The number of hydrogen-bond acceptors (Lipinski definition) is 4. The minimum absolute atomic E-state index is 0.362. The van der Waals surface area contributed by atoms with Crippen molar-refractivity contribution >= 4 is 30.2 Å². The summed E-state index contributed by atoms with van der Waals surface area (Å²) in [6.45, 7) is 0. The van der Waals surface area contributed by atoms with Crippen LogP contribution in [-0.2, 0) is 17.7 Å². The third-order valence-electron chi connectivity index (χ3n) is 7.91. The molecule has 0 bridgehead atoms. The Labute approximate surface area is 286 Å². The Kier molecular flexibility index (Phi) is 7.99. The zero-order chi connectivity index (χ0) is 33.5. The summed E-state index contributed by atoms with van der Waals surface area (Å²) in [6.07, 6.45) is 0. The van der Waals surface area contributed by atoms with Crippen LogP contribution in [0.4, 0.5) is 17.6 Å². The Bertz CT molecular complexity index is 2310. The summed E-state index contributed by atoms with van der Waals surface area (Å²) >= 11 is -1.10. The summed E-state index contributed by atoms with van der Waals surface area (Å²) in [5.41, 5.74) is 7.71. The molecule has 0 fully saturated rings. The molecule has 0 atom stereocenters. The van der Waals surface area contributed by atoms with E-state index >= 15 is 0 Å². The molecule has 238 valence electrons. The number of benzene rings is 6. The summed E-state index contributed by atoms with van der Waals surface area (Å²) in [5.74, 6) is -1.46. The van der Waals surface area contributed by atoms with Crippen LogP contribution in [0.1, 0.15) is 0 Å². The maximum absolute atomic E-state index is 13.9. The number of para-hydroxylation sites is 2. The van der Waals surface area contributed by atoms with Crippen LogP contribution in [-0.4, -0.2) is 19.9 Å². The molecular formula is C40H22F4IrN4+. The van der Waals surface area contributed by atoms with Crippen molar-refractivity contribution in [2.75, 3.05) is 0 Å². The van der Waals surface area contributed by atoms with E-state index in [1.54, 1.807) is 48.5 Å². The van der Waals surface area contributed by atoms with E-state index < -0.39 is 17.7 Å². The molecule has 0 spiro atoms. The summed E-state index contributed by atoms with van der Waals surface area (Å²) in [4.78, 5) is 20.3. The average Bonchev–Trinajstić information content (AvgIpc) is 3.12. The molecule has 0 unspecified atom stereocenters. The molecule has 6 aromatic carbocycles. The number of halogens is 4. The molecule has 8 aromatic rings. The van der Waals surface area contributed by atoms with E-state index in [1.165, 1.54) is 48.5 Å². The van der Waals surface area contributed by atoms with Gasteiger partial charge in [-0.05, 0) is 0 Å². The van der Waals surface area contributed by atoms with Crippen molar-refractivity contribution in [1.82, 2.24) is 19.9 Å². The second kappa shape index (κ2) is 12.8. The molecule has 0 amide bonds. The van der Waals surface area contributed by atoms with Gasteiger partial charge in [0.05, 0.1) is 0 Å². The van der Waals surface area contributed by atoms with Gasteiger partial charge >= 0.3 is 287 Å². The van der Waals surface area contributed by atoms with Gasteiger partial charge in [-0.1, -0.05) is 0 Å². The minimum atomic E-state index is -1.10. The number of hydrogen-bond donors (Lipinski definition) is 0. The van der Waals surface area contributed by atoms with Crippen molar-refractivity contribution in [1.29, 1.82) is 0 Å². The molecule has 4 nitrogen and oxygen atoms in total. The second-order valence-electron chi connectivity index (χ2n) is 11.1. The van der Waals surface area contributed by atoms with Gasteiger partial charge in [-0.15, -0.1) is 0 Å². The Morgan fingerprint density at radius 2 is 0.612 bits per heavy atom. The first-order valence-electron chi connectivity index (χ1n) is 15.2. The zero-order valence-corrected chi connectivity index (χ0v) is 27.7. The molecular weight excluding hydrogens is 805 g/mol. The van der Waals surface area contributed by atoms with Crippen molar-refractivity contribution in [2.24, 2.45) is 0 Å². The Balaban J connectivity index is 1.29. The van der Waals surface area contributed by atoms with E-state index in [-0.39, 0.29) is 23.3 Å². The molecule has 8 rings (SSSR count). The molecule has 0 radical (unpaired) electrons. The number of aromatic nitrogens is 4. The molecule has 0 saturated carbocycles. The van der Waals surface area contributed by atoms with Crippen LogP contribution in [0.2, 0.25) is 0 Å². The van der Waals surface area contributed by atoms with E-state index in [0.717, 1.165) is 8.15 Å². The summed E-state index contributed by atoms with van der Waals surface area (Å²) < 4.78 is 57.6. The first-order valence-corrected chi connectivity index (χ1v) is 17.5. The molecule has 0 N–H and O–H groups in total. The third-order valence-corrected chi connectivity index (χ3v) is 11.1. The molecule has 9 heteroatoms. The number of nitrogens with zero attached hydrogens (tertiary/aromatic N) is 4. The normalized spacial score (nSPS) is 11.4. The summed E-state index contributed by atoms with van der Waals surface area (Å²) in [5, 5.41) is 0. The SMILES string of the molecule is Fc1ccc(-c2nc3ccc[c]([Ir+][c]4cccc5nc(-c6ccc(F)cc6)c(-c6ccc(F)cc6)nc45)c3nc2-c2ccc(F)cc2)cc1. The zero-order valence-electron chi connectivity index (χ0n) is 25.3. The van der Waals surface area contributed by atoms with Crippen LogP contribution < -0.4 is 8.15 Å². The first kappa shape index (κ1) is 30.7. The number of rotatable bonds is 6. The van der Waals surface area contributed by atoms with Crippen LogP contribution in [0.25, 0.3) is 67.1 Å². The predicted molar refractivity (Wildman–Crippen MR) is 180 cm³/mol. The molecule has 2 aromatic heterocycles. The Morgan fingerprint density at radius 3 is 0.918 bits per heavy atom. The quantitative estimate of drug-likeness (QED) is 0.157. The van der Waals surface area contributed by atoms with Crippen molar-refractivity contribution in [2.45, 2.75) is 0 Å². The summed E-state index contributed by atoms with van der Waals surface area (Å²) in [7, 11) is 0. The van der Waals surface area contributed by atoms with Crippen LogP contribution >= 0.6 is 0 Å². The molecule has 0 saturated heterocycles. The van der Waals surface area contributed by atoms with Gasteiger partial charge in [0.2, 0.25) is 0 Å².